The van der Waals surface area contributed by atoms with Gasteiger partial charge in [0.2, 0.25) is 5.54 Å². The van der Waals surface area contributed by atoms with E-state index in [0.717, 1.165) is 11.1 Å². The number of halogens is 2. The van der Waals surface area contributed by atoms with Gasteiger partial charge in [0.1, 0.15) is 0 Å². The molecule has 6 heteroatoms. The molecule has 0 saturated heterocycles. The van der Waals surface area contributed by atoms with Gasteiger partial charge in [-0.2, -0.15) is 0 Å². The lowest BCUT2D eigenvalue weighted by molar-refractivity contribution is -0.131. The molecular weight excluding hydrogens is 180 g/mol. The van der Waals surface area contributed by atoms with Crippen molar-refractivity contribution in [2.75, 3.05) is 7.05 Å². The molecule has 72 valence electrons. The minimum absolute atomic E-state index is 0.861. The van der Waals surface area contributed by atoms with Gasteiger partial charge in [0.05, 0.1) is 0 Å². The molecule has 0 aromatic rings. The molecule has 1 heterocycles. The molecular formula is C7H9F2N3O. The summed E-state index contributed by atoms with van der Waals surface area (Å²) in [7, 11) is 1.35. The van der Waals surface area contributed by atoms with E-state index in [1.807, 2.05) is 0 Å². The zero-order chi connectivity index (χ0) is 10.1. The van der Waals surface area contributed by atoms with Crippen LogP contribution in [0.4, 0.5) is 8.78 Å². The van der Waals surface area contributed by atoms with E-state index in [2.05, 4.69) is 4.99 Å². The third kappa shape index (κ3) is 1.28. The fourth-order valence-corrected chi connectivity index (χ4v) is 1.06. The van der Waals surface area contributed by atoms with E-state index >= 15 is 0 Å². The number of carbonyl (C=O) groups is 1. The van der Waals surface area contributed by atoms with Crippen LogP contribution in [0.2, 0.25) is 0 Å². The standard InChI is InChI=1S/C7H9F2N3O/c1-12-3-2-11-4-7(12,5(8)9)6(10)13/h2-5H,1H3,(H2,10,13). The second-order valence-corrected chi connectivity index (χ2v) is 2.68. The lowest BCUT2D eigenvalue weighted by Crippen LogP contribution is -2.61. The van der Waals surface area contributed by atoms with E-state index in [-0.39, 0.29) is 0 Å². The van der Waals surface area contributed by atoms with Crippen molar-refractivity contribution in [3.63, 3.8) is 0 Å². The third-order valence-corrected chi connectivity index (χ3v) is 1.96. The number of aliphatic imine (C=N–C) groups is 1. The fraction of sp³-hybridized carbons (Fsp3) is 0.429. The summed E-state index contributed by atoms with van der Waals surface area (Å²) >= 11 is 0. The average Bonchev–Trinajstić information content (AvgIpc) is 2.04. The summed E-state index contributed by atoms with van der Waals surface area (Å²) in [6.07, 6.45) is 0.546. The van der Waals surface area contributed by atoms with Crippen molar-refractivity contribution >= 4 is 12.1 Å². The van der Waals surface area contributed by atoms with E-state index in [9.17, 15) is 13.6 Å². The van der Waals surface area contributed by atoms with Crippen LogP contribution in [0.5, 0.6) is 0 Å². The predicted octanol–water partition coefficient (Wildman–Crippen LogP) is -0.0370. The van der Waals surface area contributed by atoms with Crippen LogP contribution in [0, 0.1) is 0 Å². The second kappa shape index (κ2) is 3.12. The largest absolute Gasteiger partial charge is 0.367 e. The minimum Gasteiger partial charge on any atom is -0.367 e. The second-order valence-electron chi connectivity index (χ2n) is 2.68. The molecule has 0 bridgehead atoms. The smallest absolute Gasteiger partial charge is 0.275 e. The van der Waals surface area contributed by atoms with Crippen LogP contribution in [0.25, 0.3) is 0 Å². The molecule has 4 nitrogen and oxygen atoms in total. The lowest BCUT2D eigenvalue weighted by Gasteiger charge is -2.35. The average molecular weight is 189 g/mol. The molecule has 1 atom stereocenters. The van der Waals surface area contributed by atoms with Gasteiger partial charge < -0.3 is 10.6 Å². The van der Waals surface area contributed by atoms with Crippen molar-refractivity contribution in [1.29, 1.82) is 0 Å². The Morgan fingerprint density at radius 3 is 2.62 bits per heavy atom. The van der Waals surface area contributed by atoms with Gasteiger partial charge in [-0.05, 0) is 0 Å². The maximum Gasteiger partial charge on any atom is 0.275 e. The summed E-state index contributed by atoms with van der Waals surface area (Å²) in [5, 5.41) is 0. The van der Waals surface area contributed by atoms with E-state index in [4.69, 9.17) is 5.73 Å². The number of carbonyl (C=O) groups excluding carboxylic acids is 1. The van der Waals surface area contributed by atoms with Gasteiger partial charge in [-0.15, -0.1) is 0 Å². The van der Waals surface area contributed by atoms with E-state index in [0.29, 0.717) is 0 Å². The van der Waals surface area contributed by atoms with Gasteiger partial charge in [-0.3, -0.25) is 9.79 Å². The Balaban J connectivity index is 3.11. The summed E-state index contributed by atoms with van der Waals surface area (Å²) < 4.78 is 25.2. The number of primary amides is 1. The Hall–Kier alpha value is -1.46. The zero-order valence-corrected chi connectivity index (χ0v) is 6.95. The van der Waals surface area contributed by atoms with Crippen LogP contribution >= 0.6 is 0 Å². The van der Waals surface area contributed by atoms with E-state index < -0.39 is 17.9 Å². The van der Waals surface area contributed by atoms with E-state index in [1.165, 1.54) is 19.4 Å². The number of likely N-dealkylation sites (N-methyl/N-ethyl adjacent to an activating group) is 1. The Kier molecular flexibility index (Phi) is 2.31. The van der Waals surface area contributed by atoms with Gasteiger partial charge in [-0.25, -0.2) is 8.78 Å². The molecule has 0 saturated carbocycles. The summed E-state index contributed by atoms with van der Waals surface area (Å²) in [6.45, 7) is 0. The highest BCUT2D eigenvalue weighted by Crippen LogP contribution is 2.23. The highest BCUT2D eigenvalue weighted by molar-refractivity contribution is 6.03. The number of alkyl halides is 2. The van der Waals surface area contributed by atoms with Crippen LogP contribution < -0.4 is 5.73 Å². The van der Waals surface area contributed by atoms with Crippen molar-refractivity contribution in [2.45, 2.75) is 12.0 Å². The molecule has 0 aliphatic carbocycles. The first-order chi connectivity index (χ1) is 6.01. The summed E-state index contributed by atoms with van der Waals surface area (Å²) in [4.78, 5) is 15.4. The molecule has 1 amide bonds. The Morgan fingerprint density at radius 2 is 2.31 bits per heavy atom. The Morgan fingerprint density at radius 1 is 1.69 bits per heavy atom. The van der Waals surface area contributed by atoms with Crippen molar-refractivity contribution in [1.82, 2.24) is 4.90 Å². The first-order valence-electron chi connectivity index (χ1n) is 3.54. The van der Waals surface area contributed by atoms with Crippen LogP contribution in [-0.4, -0.2) is 36.0 Å². The van der Waals surface area contributed by atoms with Crippen LogP contribution in [-0.2, 0) is 4.79 Å². The van der Waals surface area contributed by atoms with Gasteiger partial charge >= 0.3 is 0 Å². The molecule has 0 aromatic carbocycles. The van der Waals surface area contributed by atoms with Crippen LogP contribution in [0.15, 0.2) is 17.4 Å². The molecule has 1 aliphatic rings. The van der Waals surface area contributed by atoms with Crippen molar-refractivity contribution in [3.05, 3.63) is 12.4 Å². The number of hydrogen-bond donors (Lipinski definition) is 1. The van der Waals surface area contributed by atoms with Gasteiger partial charge in [-0.1, -0.05) is 0 Å². The first kappa shape index (κ1) is 9.63. The predicted molar refractivity (Wildman–Crippen MR) is 43.3 cm³/mol. The zero-order valence-electron chi connectivity index (χ0n) is 6.95. The number of hydrogen-bond acceptors (Lipinski definition) is 3. The molecule has 1 rings (SSSR count). The monoisotopic (exact) mass is 189 g/mol. The van der Waals surface area contributed by atoms with Gasteiger partial charge in [0.25, 0.3) is 12.3 Å². The summed E-state index contributed by atoms with van der Waals surface area (Å²) in [6, 6.07) is 0. The highest BCUT2D eigenvalue weighted by atomic mass is 19.3. The van der Waals surface area contributed by atoms with Gasteiger partial charge in [0, 0.05) is 25.7 Å². The van der Waals surface area contributed by atoms with Crippen molar-refractivity contribution in [3.8, 4) is 0 Å². The topological polar surface area (TPSA) is 58.7 Å². The highest BCUT2D eigenvalue weighted by Gasteiger charge is 2.48. The summed E-state index contributed by atoms with van der Waals surface area (Å²) in [5.41, 5.74) is 2.81. The molecule has 0 aromatic heterocycles. The molecule has 1 aliphatic heterocycles. The molecule has 0 fully saturated rings. The molecule has 2 N–H and O–H groups in total. The first-order valence-corrected chi connectivity index (χ1v) is 3.54. The maximum absolute atomic E-state index is 12.6. The van der Waals surface area contributed by atoms with Crippen molar-refractivity contribution in [2.24, 2.45) is 10.7 Å². The normalized spacial score (nSPS) is 26.9. The van der Waals surface area contributed by atoms with Crippen LogP contribution in [0.3, 0.4) is 0 Å². The fourth-order valence-electron chi connectivity index (χ4n) is 1.06. The maximum atomic E-state index is 12.6. The SMILES string of the molecule is CN1C=CN=CC1(C(N)=O)C(F)F. The van der Waals surface area contributed by atoms with E-state index in [1.54, 1.807) is 0 Å². The quantitative estimate of drug-likeness (QED) is 0.662. The van der Waals surface area contributed by atoms with Gasteiger partial charge in [0.15, 0.2) is 0 Å². The van der Waals surface area contributed by atoms with Crippen molar-refractivity contribution < 1.29 is 13.6 Å². The molecule has 13 heavy (non-hydrogen) atoms. The number of rotatable bonds is 2. The number of amides is 1. The Bertz CT molecular complexity index is 277. The van der Waals surface area contributed by atoms with Crippen LogP contribution in [0.1, 0.15) is 0 Å². The molecule has 0 radical (unpaired) electrons. The molecule has 0 spiro atoms. The number of nitrogens with zero attached hydrogens (tertiary/aromatic N) is 2. The minimum atomic E-state index is -2.90. The third-order valence-electron chi connectivity index (χ3n) is 1.96. The Labute approximate surface area is 73.7 Å². The number of nitrogens with two attached hydrogens (primary N) is 1. The lowest BCUT2D eigenvalue weighted by atomic mass is 9.98. The molecule has 1 unspecified atom stereocenters. The summed E-state index contributed by atoms with van der Waals surface area (Å²) in [5.74, 6) is -1.11.